The summed E-state index contributed by atoms with van der Waals surface area (Å²) in [7, 11) is 0. The fourth-order valence-corrected chi connectivity index (χ4v) is 4.90. The van der Waals surface area contributed by atoms with Gasteiger partial charge in [0.2, 0.25) is 0 Å². The number of carbonyl (C=O) groups excluding carboxylic acids is 1. The van der Waals surface area contributed by atoms with Gasteiger partial charge in [0.1, 0.15) is 5.65 Å². The molecule has 2 aromatic heterocycles. The van der Waals surface area contributed by atoms with E-state index in [2.05, 4.69) is 24.1 Å². The second kappa shape index (κ2) is 6.95. The highest BCUT2D eigenvalue weighted by atomic mass is 32.1. The molecule has 148 valence electrons. The Morgan fingerprint density at radius 2 is 2.03 bits per heavy atom. The SMILES string of the molecule is C[C@@H]1[C@H](C)CCC[C@@H]1NC(=O)c1ccc2c(c1)[nH]c(=S)n1c3ccccc3nc21. The molecule has 2 heterocycles. The van der Waals surface area contributed by atoms with Gasteiger partial charge in [0, 0.05) is 17.0 Å². The van der Waals surface area contributed by atoms with Crippen LogP contribution in [-0.4, -0.2) is 26.3 Å². The number of aromatic nitrogens is 3. The molecular formula is C23H24N4OS. The summed E-state index contributed by atoms with van der Waals surface area (Å²) in [5.74, 6) is 1.12. The maximum atomic E-state index is 12.9. The summed E-state index contributed by atoms with van der Waals surface area (Å²) in [6.45, 7) is 4.52. The van der Waals surface area contributed by atoms with E-state index in [0.717, 1.165) is 34.0 Å². The molecule has 5 nitrogen and oxygen atoms in total. The number of nitrogens with zero attached hydrogens (tertiary/aromatic N) is 2. The van der Waals surface area contributed by atoms with E-state index in [1.54, 1.807) is 0 Å². The van der Waals surface area contributed by atoms with Crippen molar-refractivity contribution in [2.75, 3.05) is 0 Å². The highest BCUT2D eigenvalue weighted by Gasteiger charge is 2.28. The van der Waals surface area contributed by atoms with Crippen LogP contribution in [0.25, 0.3) is 27.6 Å². The molecule has 0 saturated heterocycles. The third-order valence-corrected chi connectivity index (χ3v) is 6.84. The summed E-state index contributed by atoms with van der Waals surface area (Å²) in [5.41, 5.74) is 4.17. The van der Waals surface area contributed by atoms with Crippen molar-refractivity contribution in [3.8, 4) is 0 Å². The number of hydrogen-bond donors (Lipinski definition) is 2. The lowest BCUT2D eigenvalue weighted by atomic mass is 9.78. The lowest BCUT2D eigenvalue weighted by molar-refractivity contribution is 0.0891. The summed E-state index contributed by atoms with van der Waals surface area (Å²) in [6.07, 6.45) is 3.47. The first kappa shape index (κ1) is 18.3. The van der Waals surface area contributed by atoms with E-state index in [4.69, 9.17) is 17.2 Å². The number of imidazole rings is 1. The van der Waals surface area contributed by atoms with Crippen molar-refractivity contribution < 1.29 is 4.79 Å². The predicted molar refractivity (Wildman–Crippen MR) is 119 cm³/mol. The molecule has 4 aromatic rings. The highest BCUT2D eigenvalue weighted by molar-refractivity contribution is 7.71. The zero-order valence-electron chi connectivity index (χ0n) is 16.6. The fourth-order valence-electron chi connectivity index (χ4n) is 4.60. The Morgan fingerprint density at radius 3 is 2.90 bits per heavy atom. The standard InChI is InChI=1S/C23H24N4OS/c1-13-6-5-8-17(14(13)2)25-22(28)15-10-11-16-19(12-15)26-23(29)27-20-9-4-3-7-18(20)24-21(16)27/h3-4,7,9-14,17H,5-6,8H2,1-2H3,(H,25,28)(H,26,29)/t13-,14-,17+/m1/s1. The van der Waals surface area contributed by atoms with Crippen LogP contribution in [0.4, 0.5) is 0 Å². The van der Waals surface area contributed by atoms with E-state index in [0.29, 0.717) is 22.2 Å². The van der Waals surface area contributed by atoms with Crippen LogP contribution in [-0.2, 0) is 0 Å². The maximum absolute atomic E-state index is 12.9. The molecule has 0 spiro atoms. The van der Waals surface area contributed by atoms with Crippen LogP contribution in [0.1, 0.15) is 43.5 Å². The van der Waals surface area contributed by atoms with Crippen LogP contribution >= 0.6 is 12.2 Å². The van der Waals surface area contributed by atoms with Crippen molar-refractivity contribution in [2.45, 2.75) is 39.2 Å². The summed E-state index contributed by atoms with van der Waals surface area (Å²) in [4.78, 5) is 21.0. The molecule has 0 unspecified atom stereocenters. The number of fused-ring (bicyclic) bond motifs is 5. The van der Waals surface area contributed by atoms with Gasteiger partial charge in [-0.3, -0.25) is 9.20 Å². The van der Waals surface area contributed by atoms with Gasteiger partial charge in [-0.05, 0) is 60.8 Å². The summed E-state index contributed by atoms with van der Waals surface area (Å²) >= 11 is 5.60. The third kappa shape index (κ3) is 3.02. The van der Waals surface area contributed by atoms with Gasteiger partial charge in [-0.1, -0.05) is 38.8 Å². The van der Waals surface area contributed by atoms with Gasteiger partial charge in [-0.25, -0.2) is 4.98 Å². The van der Waals surface area contributed by atoms with E-state index in [1.165, 1.54) is 12.8 Å². The zero-order chi connectivity index (χ0) is 20.1. The number of carbonyl (C=O) groups is 1. The van der Waals surface area contributed by atoms with E-state index in [-0.39, 0.29) is 11.9 Å². The Morgan fingerprint density at radius 1 is 1.21 bits per heavy atom. The van der Waals surface area contributed by atoms with Crippen molar-refractivity contribution in [1.29, 1.82) is 0 Å². The molecule has 0 bridgehead atoms. The van der Waals surface area contributed by atoms with Gasteiger partial charge in [0.15, 0.2) is 4.77 Å². The number of nitrogens with one attached hydrogen (secondary N) is 2. The third-order valence-electron chi connectivity index (χ3n) is 6.55. The number of H-pyrrole nitrogens is 1. The van der Waals surface area contributed by atoms with E-state index in [1.807, 2.05) is 46.9 Å². The predicted octanol–water partition coefficient (Wildman–Crippen LogP) is 5.25. The van der Waals surface area contributed by atoms with Gasteiger partial charge in [-0.15, -0.1) is 0 Å². The number of rotatable bonds is 2. The summed E-state index contributed by atoms with van der Waals surface area (Å²) in [6, 6.07) is 13.9. The average Bonchev–Trinajstić information content (AvgIpc) is 3.11. The van der Waals surface area contributed by atoms with Crippen LogP contribution < -0.4 is 5.32 Å². The molecule has 29 heavy (non-hydrogen) atoms. The molecule has 1 aliphatic rings. The Hall–Kier alpha value is -2.73. The fraction of sp³-hybridized carbons (Fsp3) is 0.348. The quantitative estimate of drug-likeness (QED) is 0.448. The van der Waals surface area contributed by atoms with E-state index < -0.39 is 0 Å². The van der Waals surface area contributed by atoms with E-state index >= 15 is 0 Å². The van der Waals surface area contributed by atoms with Gasteiger partial charge >= 0.3 is 0 Å². The number of aromatic amines is 1. The molecule has 3 atom stereocenters. The second-order valence-electron chi connectivity index (χ2n) is 8.30. The van der Waals surface area contributed by atoms with Crippen LogP contribution in [0.3, 0.4) is 0 Å². The number of benzene rings is 2. The number of para-hydroxylation sites is 2. The van der Waals surface area contributed by atoms with Crippen LogP contribution in [0.15, 0.2) is 42.5 Å². The van der Waals surface area contributed by atoms with E-state index in [9.17, 15) is 4.79 Å². The van der Waals surface area contributed by atoms with Crippen molar-refractivity contribution in [1.82, 2.24) is 19.7 Å². The largest absolute Gasteiger partial charge is 0.349 e. The van der Waals surface area contributed by atoms with Gasteiger partial charge < -0.3 is 10.3 Å². The topological polar surface area (TPSA) is 62.2 Å². The lowest BCUT2D eigenvalue weighted by Gasteiger charge is -2.34. The lowest BCUT2D eigenvalue weighted by Crippen LogP contribution is -2.43. The molecule has 0 radical (unpaired) electrons. The molecule has 1 aliphatic carbocycles. The van der Waals surface area contributed by atoms with Crippen LogP contribution in [0.2, 0.25) is 0 Å². The Balaban J connectivity index is 1.55. The molecule has 2 N–H and O–H groups in total. The molecule has 5 rings (SSSR count). The first-order valence-corrected chi connectivity index (χ1v) is 10.7. The number of hydrogen-bond acceptors (Lipinski definition) is 3. The summed E-state index contributed by atoms with van der Waals surface area (Å²) in [5, 5.41) is 4.20. The monoisotopic (exact) mass is 404 g/mol. The molecule has 1 fully saturated rings. The molecule has 6 heteroatoms. The molecule has 2 aromatic carbocycles. The van der Waals surface area contributed by atoms with Gasteiger partial charge in [-0.2, -0.15) is 0 Å². The molecule has 0 aliphatic heterocycles. The van der Waals surface area contributed by atoms with Gasteiger partial charge in [0.25, 0.3) is 5.91 Å². The zero-order valence-corrected chi connectivity index (χ0v) is 17.4. The van der Waals surface area contributed by atoms with Crippen LogP contribution in [0, 0.1) is 16.6 Å². The van der Waals surface area contributed by atoms with Crippen molar-refractivity contribution in [2.24, 2.45) is 11.8 Å². The van der Waals surface area contributed by atoms with Crippen molar-refractivity contribution in [3.63, 3.8) is 0 Å². The normalized spacial score (nSPS) is 22.3. The molecular weight excluding hydrogens is 380 g/mol. The maximum Gasteiger partial charge on any atom is 0.251 e. The van der Waals surface area contributed by atoms with Crippen molar-refractivity contribution in [3.05, 3.63) is 52.8 Å². The van der Waals surface area contributed by atoms with Crippen molar-refractivity contribution >= 4 is 45.7 Å². The molecule has 1 saturated carbocycles. The minimum Gasteiger partial charge on any atom is -0.349 e. The Kier molecular flexibility index (Phi) is 4.39. The van der Waals surface area contributed by atoms with Gasteiger partial charge in [0.05, 0.1) is 16.6 Å². The smallest absolute Gasteiger partial charge is 0.251 e. The first-order chi connectivity index (χ1) is 14.0. The highest BCUT2D eigenvalue weighted by Crippen LogP contribution is 2.30. The minimum absolute atomic E-state index is 0.0226. The number of amides is 1. The minimum atomic E-state index is -0.0226. The first-order valence-electron chi connectivity index (χ1n) is 10.3. The average molecular weight is 405 g/mol. The second-order valence-corrected chi connectivity index (χ2v) is 8.68. The Bertz CT molecular complexity index is 1300. The van der Waals surface area contributed by atoms with Crippen LogP contribution in [0.5, 0.6) is 0 Å². The Labute approximate surface area is 174 Å². The summed E-state index contributed by atoms with van der Waals surface area (Å²) < 4.78 is 2.53. The molecule has 1 amide bonds.